The van der Waals surface area contributed by atoms with E-state index in [9.17, 15) is 9.18 Å². The number of benzene rings is 2. The van der Waals surface area contributed by atoms with E-state index in [4.69, 9.17) is 9.84 Å². The zero-order chi connectivity index (χ0) is 20.9. The van der Waals surface area contributed by atoms with Crippen molar-refractivity contribution < 1.29 is 13.9 Å². The van der Waals surface area contributed by atoms with Gasteiger partial charge in [0.15, 0.2) is 0 Å². The van der Waals surface area contributed by atoms with Crippen molar-refractivity contribution >= 4 is 5.91 Å². The van der Waals surface area contributed by atoms with Crippen molar-refractivity contribution in [1.29, 1.82) is 0 Å². The average Bonchev–Trinajstić information content (AvgIpc) is 3.54. The molecule has 5 nitrogen and oxygen atoms in total. The highest BCUT2D eigenvalue weighted by Gasteiger charge is 2.23. The van der Waals surface area contributed by atoms with Crippen LogP contribution in [0.3, 0.4) is 0 Å². The second kappa shape index (κ2) is 9.11. The van der Waals surface area contributed by atoms with Gasteiger partial charge in [-0.1, -0.05) is 25.1 Å². The fourth-order valence-electron chi connectivity index (χ4n) is 3.38. The fourth-order valence-corrected chi connectivity index (χ4v) is 3.38. The first-order chi connectivity index (χ1) is 14.6. The molecule has 2 aromatic carbocycles. The molecule has 1 saturated carbocycles. The highest BCUT2D eigenvalue weighted by molar-refractivity contribution is 5.76. The van der Waals surface area contributed by atoms with Crippen LogP contribution in [0.5, 0.6) is 11.6 Å². The third kappa shape index (κ3) is 4.87. The molecule has 4 rings (SSSR count). The van der Waals surface area contributed by atoms with E-state index in [1.807, 2.05) is 37.3 Å². The van der Waals surface area contributed by atoms with Crippen molar-refractivity contribution in [3.63, 3.8) is 0 Å². The number of hydrogen-bond acceptors (Lipinski definition) is 3. The molecular weight excluding hydrogens is 381 g/mol. The smallest absolute Gasteiger partial charge is 0.226 e. The summed E-state index contributed by atoms with van der Waals surface area (Å²) in [4.78, 5) is 12.3. The lowest BCUT2D eigenvalue weighted by molar-refractivity contribution is -0.121. The van der Waals surface area contributed by atoms with Crippen LogP contribution in [0.2, 0.25) is 0 Å². The number of carbonyl (C=O) groups excluding carboxylic acids is 1. The minimum atomic E-state index is -0.306. The minimum Gasteiger partial charge on any atom is -0.439 e. The molecule has 0 radical (unpaired) electrons. The molecule has 1 aliphatic carbocycles. The fraction of sp³-hybridized carbons (Fsp3) is 0.333. The van der Waals surface area contributed by atoms with Crippen LogP contribution >= 0.6 is 0 Å². The second-order valence-corrected chi connectivity index (χ2v) is 7.63. The lowest BCUT2D eigenvalue weighted by Crippen LogP contribution is -2.25. The van der Waals surface area contributed by atoms with Crippen molar-refractivity contribution in [1.82, 2.24) is 15.1 Å². The molecule has 1 aromatic heterocycles. The molecule has 0 aliphatic heterocycles. The van der Waals surface area contributed by atoms with Gasteiger partial charge in [0.25, 0.3) is 0 Å². The van der Waals surface area contributed by atoms with Crippen LogP contribution in [-0.2, 0) is 17.6 Å². The number of ether oxygens (including phenoxy) is 1. The van der Waals surface area contributed by atoms with Crippen LogP contribution in [0.15, 0.2) is 54.6 Å². The molecule has 0 unspecified atom stereocenters. The normalized spacial score (nSPS) is 13.3. The van der Waals surface area contributed by atoms with Crippen LogP contribution in [-0.4, -0.2) is 22.2 Å². The van der Waals surface area contributed by atoms with E-state index in [1.165, 1.54) is 25.0 Å². The van der Waals surface area contributed by atoms with Gasteiger partial charge in [-0.05, 0) is 68.0 Å². The van der Waals surface area contributed by atoms with E-state index >= 15 is 0 Å². The lowest BCUT2D eigenvalue weighted by atomic mass is 10.1. The molecule has 0 bridgehead atoms. The van der Waals surface area contributed by atoms with Gasteiger partial charge in [-0.25, -0.2) is 9.07 Å². The number of carbonyl (C=O) groups is 1. The molecule has 6 heteroatoms. The highest BCUT2D eigenvalue weighted by Crippen LogP contribution is 2.32. The molecular formula is C24H26FN3O2. The maximum absolute atomic E-state index is 13.4. The van der Waals surface area contributed by atoms with Crippen molar-refractivity contribution in [2.24, 2.45) is 5.92 Å². The summed E-state index contributed by atoms with van der Waals surface area (Å²) < 4.78 is 21.4. The minimum absolute atomic E-state index is 0.0455. The standard InChI is InChI=1S/C24H26FN3O2/c1-2-22-21(14-15-23(29)26-16-17-8-9-17)24(30-20-6-4-3-5-7-20)28(27-22)19-12-10-18(25)11-13-19/h3-7,10-13,17H,2,8-9,14-16H2,1H3,(H,26,29). The highest BCUT2D eigenvalue weighted by atomic mass is 19.1. The van der Waals surface area contributed by atoms with E-state index in [0.717, 1.165) is 17.8 Å². The number of halogens is 1. The number of rotatable bonds is 9. The van der Waals surface area contributed by atoms with Crippen LogP contribution < -0.4 is 10.1 Å². The predicted molar refractivity (Wildman–Crippen MR) is 113 cm³/mol. The Kier molecular flexibility index (Phi) is 6.12. The largest absolute Gasteiger partial charge is 0.439 e. The molecule has 0 spiro atoms. The Labute approximate surface area is 175 Å². The Morgan fingerprint density at radius 2 is 1.90 bits per heavy atom. The monoisotopic (exact) mass is 407 g/mol. The Balaban J connectivity index is 1.63. The van der Waals surface area contributed by atoms with Crippen LogP contribution in [0.25, 0.3) is 5.69 Å². The second-order valence-electron chi connectivity index (χ2n) is 7.63. The third-order valence-corrected chi connectivity index (χ3v) is 5.27. The third-order valence-electron chi connectivity index (χ3n) is 5.27. The van der Waals surface area contributed by atoms with Crippen molar-refractivity contribution in [3.05, 3.63) is 71.7 Å². The summed E-state index contributed by atoms with van der Waals surface area (Å²) in [5.41, 5.74) is 2.49. The number of aromatic nitrogens is 2. The number of hydrogen-bond donors (Lipinski definition) is 1. The Morgan fingerprint density at radius 1 is 1.17 bits per heavy atom. The van der Waals surface area contributed by atoms with E-state index < -0.39 is 0 Å². The Bertz CT molecular complexity index is 995. The predicted octanol–water partition coefficient (Wildman–Crippen LogP) is 4.82. The van der Waals surface area contributed by atoms with Crippen molar-refractivity contribution in [2.45, 2.75) is 39.0 Å². The molecule has 1 aliphatic rings. The zero-order valence-electron chi connectivity index (χ0n) is 17.1. The average molecular weight is 407 g/mol. The van der Waals surface area contributed by atoms with E-state index in [2.05, 4.69) is 5.32 Å². The molecule has 1 fully saturated rings. The van der Waals surface area contributed by atoms with Gasteiger partial charge in [0.1, 0.15) is 11.6 Å². The molecule has 156 valence electrons. The summed E-state index contributed by atoms with van der Waals surface area (Å²) in [5.74, 6) is 1.64. The van der Waals surface area contributed by atoms with Gasteiger partial charge in [-0.15, -0.1) is 0 Å². The molecule has 1 N–H and O–H groups in total. The number of nitrogens with zero attached hydrogens (tertiary/aromatic N) is 2. The van der Waals surface area contributed by atoms with Gasteiger partial charge in [-0.2, -0.15) is 5.10 Å². The van der Waals surface area contributed by atoms with Crippen LogP contribution in [0.4, 0.5) is 4.39 Å². The number of nitrogens with one attached hydrogen (secondary N) is 1. The van der Waals surface area contributed by atoms with Gasteiger partial charge in [0.2, 0.25) is 11.8 Å². The lowest BCUT2D eigenvalue weighted by Gasteiger charge is -2.12. The van der Waals surface area contributed by atoms with Gasteiger partial charge < -0.3 is 10.1 Å². The number of para-hydroxylation sites is 1. The zero-order valence-corrected chi connectivity index (χ0v) is 17.1. The SMILES string of the molecule is CCc1nn(-c2ccc(F)cc2)c(Oc2ccccc2)c1CCC(=O)NCC1CC1. The molecule has 30 heavy (non-hydrogen) atoms. The maximum Gasteiger partial charge on any atom is 0.226 e. The first-order valence-corrected chi connectivity index (χ1v) is 10.5. The molecule has 3 aromatic rings. The maximum atomic E-state index is 13.4. The molecule has 1 heterocycles. The molecule has 0 atom stereocenters. The Morgan fingerprint density at radius 3 is 2.57 bits per heavy atom. The summed E-state index contributed by atoms with van der Waals surface area (Å²) in [5, 5.41) is 7.74. The van der Waals surface area contributed by atoms with E-state index in [-0.39, 0.29) is 11.7 Å². The van der Waals surface area contributed by atoms with Gasteiger partial charge in [0, 0.05) is 18.5 Å². The summed E-state index contributed by atoms with van der Waals surface area (Å²) in [6, 6.07) is 15.6. The quantitative estimate of drug-likeness (QED) is 0.553. The van der Waals surface area contributed by atoms with Crippen LogP contribution in [0.1, 0.15) is 37.4 Å². The number of aryl methyl sites for hydroxylation is 1. The summed E-state index contributed by atoms with van der Waals surface area (Å²) >= 11 is 0. The topological polar surface area (TPSA) is 56.2 Å². The molecule has 1 amide bonds. The van der Waals surface area contributed by atoms with E-state index in [0.29, 0.717) is 42.5 Å². The molecule has 0 saturated heterocycles. The van der Waals surface area contributed by atoms with Crippen LogP contribution in [0, 0.1) is 11.7 Å². The van der Waals surface area contributed by atoms with Gasteiger partial charge in [0.05, 0.1) is 11.4 Å². The first-order valence-electron chi connectivity index (χ1n) is 10.5. The van der Waals surface area contributed by atoms with E-state index in [1.54, 1.807) is 16.8 Å². The summed E-state index contributed by atoms with van der Waals surface area (Å²) in [6.45, 7) is 2.79. The summed E-state index contributed by atoms with van der Waals surface area (Å²) in [7, 11) is 0. The Hall–Kier alpha value is -3.15. The first kappa shape index (κ1) is 20.1. The van der Waals surface area contributed by atoms with Crippen molar-refractivity contribution in [2.75, 3.05) is 6.54 Å². The van der Waals surface area contributed by atoms with Gasteiger partial charge >= 0.3 is 0 Å². The van der Waals surface area contributed by atoms with Crippen molar-refractivity contribution in [3.8, 4) is 17.3 Å². The number of amides is 1. The van der Waals surface area contributed by atoms with Gasteiger partial charge in [-0.3, -0.25) is 4.79 Å². The summed E-state index contributed by atoms with van der Waals surface area (Å²) in [6.07, 6.45) is 4.03.